The Morgan fingerprint density at radius 3 is 2.52 bits per heavy atom. The van der Waals surface area contributed by atoms with Gasteiger partial charge < -0.3 is 9.64 Å². The van der Waals surface area contributed by atoms with Crippen LogP contribution in [0.4, 0.5) is 5.95 Å². The van der Waals surface area contributed by atoms with Crippen LogP contribution in [0.2, 0.25) is 0 Å². The molecule has 1 fully saturated rings. The Morgan fingerprint density at radius 2 is 1.88 bits per heavy atom. The molecule has 0 spiro atoms. The largest absolute Gasteiger partial charge is 0.383 e. The highest BCUT2D eigenvalue weighted by Gasteiger charge is 2.19. The minimum atomic E-state index is 0.105. The van der Waals surface area contributed by atoms with E-state index in [9.17, 15) is 0 Å². The van der Waals surface area contributed by atoms with Gasteiger partial charge in [-0.3, -0.25) is 9.88 Å². The molecule has 0 amide bonds. The van der Waals surface area contributed by atoms with Crippen molar-refractivity contribution in [2.24, 2.45) is 0 Å². The molecule has 0 N–H and O–H groups in total. The van der Waals surface area contributed by atoms with Gasteiger partial charge in [-0.2, -0.15) is 0 Å². The molecule has 0 radical (unpaired) electrons. The third kappa shape index (κ3) is 4.74. The maximum Gasteiger partial charge on any atom is 0.225 e. The summed E-state index contributed by atoms with van der Waals surface area (Å²) in [7, 11) is 3.80. The molecule has 6 nitrogen and oxygen atoms in total. The summed E-state index contributed by atoms with van der Waals surface area (Å²) in [5.74, 6) is 0.851. The SMILES string of the molecule is COC[C@@H](c1ccccn1)N(C)Cc1cnc(N2CCCCC2)nc1. The molecule has 1 aliphatic rings. The van der Waals surface area contributed by atoms with Crippen LogP contribution in [0.3, 0.4) is 0 Å². The van der Waals surface area contributed by atoms with E-state index in [1.54, 1.807) is 7.11 Å². The Morgan fingerprint density at radius 1 is 1.12 bits per heavy atom. The number of hydrogen-bond acceptors (Lipinski definition) is 6. The molecule has 2 aromatic rings. The van der Waals surface area contributed by atoms with Gasteiger partial charge >= 0.3 is 0 Å². The van der Waals surface area contributed by atoms with E-state index in [1.165, 1.54) is 19.3 Å². The number of anilines is 1. The van der Waals surface area contributed by atoms with Gasteiger partial charge in [-0.25, -0.2) is 9.97 Å². The van der Waals surface area contributed by atoms with Crippen molar-refractivity contribution in [3.05, 3.63) is 48.0 Å². The minimum absolute atomic E-state index is 0.105. The van der Waals surface area contributed by atoms with Crippen molar-refractivity contribution in [2.45, 2.75) is 31.8 Å². The first-order valence-corrected chi connectivity index (χ1v) is 8.94. The molecule has 0 unspecified atom stereocenters. The third-order valence-electron chi connectivity index (χ3n) is 4.65. The Kier molecular flexibility index (Phi) is 6.30. The average molecular weight is 341 g/mol. The van der Waals surface area contributed by atoms with Crippen molar-refractivity contribution in [3.8, 4) is 0 Å². The highest BCUT2D eigenvalue weighted by Crippen LogP contribution is 2.20. The molecule has 134 valence electrons. The summed E-state index contributed by atoms with van der Waals surface area (Å²) < 4.78 is 5.40. The van der Waals surface area contributed by atoms with Crippen molar-refractivity contribution < 1.29 is 4.74 Å². The maximum absolute atomic E-state index is 5.40. The molecule has 1 aliphatic heterocycles. The zero-order valence-corrected chi connectivity index (χ0v) is 15.1. The van der Waals surface area contributed by atoms with Gasteiger partial charge in [0.2, 0.25) is 5.95 Å². The zero-order chi connectivity index (χ0) is 17.5. The number of pyridine rings is 1. The van der Waals surface area contributed by atoms with Crippen molar-refractivity contribution in [3.63, 3.8) is 0 Å². The van der Waals surface area contributed by atoms with Crippen LogP contribution in [0.15, 0.2) is 36.8 Å². The predicted octanol–water partition coefficient (Wildman–Crippen LogP) is 2.68. The Balaban J connectivity index is 1.65. The molecular formula is C19H27N5O. The second-order valence-corrected chi connectivity index (χ2v) is 6.58. The number of methoxy groups -OCH3 is 1. The Bertz CT molecular complexity index is 628. The van der Waals surface area contributed by atoms with Crippen LogP contribution in [-0.4, -0.2) is 53.7 Å². The molecule has 0 aromatic carbocycles. The molecule has 25 heavy (non-hydrogen) atoms. The van der Waals surface area contributed by atoms with E-state index in [1.807, 2.05) is 36.8 Å². The number of aromatic nitrogens is 3. The van der Waals surface area contributed by atoms with Gasteiger partial charge in [0.15, 0.2) is 0 Å². The first-order valence-electron chi connectivity index (χ1n) is 8.94. The molecule has 0 saturated carbocycles. The van der Waals surface area contributed by atoms with E-state index in [0.29, 0.717) is 6.61 Å². The van der Waals surface area contributed by atoms with Gasteiger partial charge in [0.05, 0.1) is 18.3 Å². The fraction of sp³-hybridized carbons (Fsp3) is 0.526. The van der Waals surface area contributed by atoms with E-state index in [0.717, 1.165) is 36.8 Å². The van der Waals surface area contributed by atoms with Crippen LogP contribution in [0.25, 0.3) is 0 Å². The number of ether oxygens (including phenoxy) is 1. The van der Waals surface area contributed by atoms with Crippen molar-refractivity contribution >= 4 is 5.95 Å². The predicted molar refractivity (Wildman–Crippen MR) is 98.4 cm³/mol. The van der Waals surface area contributed by atoms with E-state index in [2.05, 4.69) is 31.8 Å². The van der Waals surface area contributed by atoms with Gasteiger partial charge in [-0.15, -0.1) is 0 Å². The second kappa shape index (κ2) is 8.87. The summed E-state index contributed by atoms with van der Waals surface area (Å²) >= 11 is 0. The van der Waals surface area contributed by atoms with Crippen molar-refractivity contribution in [1.29, 1.82) is 0 Å². The highest BCUT2D eigenvalue weighted by atomic mass is 16.5. The number of rotatable bonds is 7. The van der Waals surface area contributed by atoms with Crippen LogP contribution in [0.5, 0.6) is 0 Å². The molecule has 2 aromatic heterocycles. The monoisotopic (exact) mass is 341 g/mol. The molecule has 3 heterocycles. The van der Waals surface area contributed by atoms with E-state index in [4.69, 9.17) is 4.74 Å². The third-order valence-corrected chi connectivity index (χ3v) is 4.65. The molecule has 1 saturated heterocycles. The Hall–Kier alpha value is -2.05. The fourth-order valence-electron chi connectivity index (χ4n) is 3.25. The van der Waals surface area contributed by atoms with Crippen LogP contribution in [-0.2, 0) is 11.3 Å². The zero-order valence-electron chi connectivity index (χ0n) is 15.1. The minimum Gasteiger partial charge on any atom is -0.383 e. The summed E-state index contributed by atoms with van der Waals surface area (Å²) in [4.78, 5) is 18.1. The van der Waals surface area contributed by atoms with Gasteiger partial charge in [0.25, 0.3) is 0 Å². The van der Waals surface area contributed by atoms with Gasteiger partial charge in [0.1, 0.15) is 0 Å². The lowest BCUT2D eigenvalue weighted by Gasteiger charge is -2.28. The number of piperidine rings is 1. The lowest BCUT2D eigenvalue weighted by atomic mass is 10.1. The van der Waals surface area contributed by atoms with E-state index in [-0.39, 0.29) is 6.04 Å². The van der Waals surface area contributed by atoms with E-state index >= 15 is 0 Å². The molecule has 1 atom stereocenters. The van der Waals surface area contributed by atoms with Gasteiger partial charge in [-0.05, 0) is 38.4 Å². The normalized spacial score (nSPS) is 16.2. The first-order chi connectivity index (χ1) is 12.3. The molecule has 0 aliphatic carbocycles. The second-order valence-electron chi connectivity index (χ2n) is 6.58. The summed E-state index contributed by atoms with van der Waals surface area (Å²) in [5, 5.41) is 0. The molecule has 6 heteroatoms. The highest BCUT2D eigenvalue weighted by molar-refractivity contribution is 5.30. The smallest absolute Gasteiger partial charge is 0.225 e. The van der Waals surface area contributed by atoms with Gasteiger partial charge in [0, 0.05) is 50.9 Å². The molecular weight excluding hydrogens is 314 g/mol. The van der Waals surface area contributed by atoms with Crippen LogP contribution < -0.4 is 4.90 Å². The van der Waals surface area contributed by atoms with Gasteiger partial charge in [-0.1, -0.05) is 6.07 Å². The number of likely N-dealkylation sites (N-methyl/N-ethyl adjacent to an activating group) is 1. The summed E-state index contributed by atoms with van der Waals surface area (Å²) in [6.07, 6.45) is 9.48. The average Bonchev–Trinajstić information content (AvgIpc) is 2.68. The lowest BCUT2D eigenvalue weighted by Crippen LogP contribution is -2.31. The first kappa shape index (κ1) is 17.8. The maximum atomic E-state index is 5.40. The molecule has 0 bridgehead atoms. The van der Waals surface area contributed by atoms with Crippen molar-refractivity contribution in [2.75, 3.05) is 38.8 Å². The number of hydrogen-bond donors (Lipinski definition) is 0. The molecule has 3 rings (SSSR count). The van der Waals surface area contributed by atoms with Crippen LogP contribution in [0, 0.1) is 0 Å². The van der Waals surface area contributed by atoms with E-state index < -0.39 is 0 Å². The summed E-state index contributed by atoms with van der Waals surface area (Å²) in [5.41, 5.74) is 2.11. The topological polar surface area (TPSA) is 54.4 Å². The van der Waals surface area contributed by atoms with Crippen LogP contribution >= 0.6 is 0 Å². The lowest BCUT2D eigenvalue weighted by molar-refractivity contribution is 0.0999. The Labute approximate surface area is 149 Å². The van der Waals surface area contributed by atoms with Crippen molar-refractivity contribution in [1.82, 2.24) is 19.9 Å². The quantitative estimate of drug-likeness (QED) is 0.772. The standard InChI is InChI=1S/C19H27N5O/c1-23(18(15-25-2)17-8-4-5-9-20-17)14-16-12-21-19(22-13-16)24-10-6-3-7-11-24/h4-5,8-9,12-13,18H,3,6-7,10-11,14-15H2,1-2H3/t18-/m0/s1. The number of nitrogens with zero attached hydrogens (tertiary/aromatic N) is 5. The fourth-order valence-corrected chi connectivity index (χ4v) is 3.25. The van der Waals surface area contributed by atoms with Crippen LogP contribution in [0.1, 0.15) is 36.6 Å². The summed E-state index contributed by atoms with van der Waals surface area (Å²) in [6, 6.07) is 6.08. The summed E-state index contributed by atoms with van der Waals surface area (Å²) in [6.45, 7) is 3.48.